The van der Waals surface area contributed by atoms with E-state index in [1.165, 1.54) is 36.5 Å². The van der Waals surface area contributed by atoms with Gasteiger partial charge in [-0.2, -0.15) is 0 Å². The monoisotopic (exact) mass is 249 g/mol. The molecule has 1 aromatic heterocycles. The Labute approximate surface area is 102 Å². The molecule has 1 radical (unpaired) electrons. The number of benzene rings is 1. The van der Waals surface area contributed by atoms with Crippen LogP contribution < -0.4 is 4.74 Å². The number of rotatable bonds is 3. The number of aromatic nitrogens is 1. The third-order valence-electron chi connectivity index (χ3n) is 1.93. The van der Waals surface area contributed by atoms with Crippen molar-refractivity contribution in [1.82, 2.24) is 4.98 Å². The van der Waals surface area contributed by atoms with Crippen LogP contribution in [-0.2, 0) is 0 Å². The van der Waals surface area contributed by atoms with Crippen molar-refractivity contribution in [2.75, 3.05) is 0 Å². The fourth-order valence-electron chi connectivity index (χ4n) is 1.15. The zero-order valence-electron chi connectivity index (χ0n) is 8.46. The van der Waals surface area contributed by atoms with Crippen LogP contribution in [0.15, 0.2) is 36.5 Å². The number of nitro groups is 1. The standard InChI is InChI=1S/C11H6ClN2O3/c12-10-2-1-7-13-11(10)17-9-5-3-8(4-6-9)14(15)16/h2-7H. The van der Waals surface area contributed by atoms with E-state index in [4.69, 9.17) is 16.3 Å². The summed E-state index contributed by atoms with van der Waals surface area (Å²) in [5.74, 6) is 0.662. The van der Waals surface area contributed by atoms with Crippen molar-refractivity contribution in [3.05, 3.63) is 57.7 Å². The lowest BCUT2D eigenvalue weighted by atomic mass is 10.3. The second-order valence-corrected chi connectivity index (χ2v) is 3.48. The van der Waals surface area contributed by atoms with Crippen LogP contribution in [0.2, 0.25) is 5.02 Å². The summed E-state index contributed by atoms with van der Waals surface area (Å²) in [4.78, 5) is 13.9. The summed E-state index contributed by atoms with van der Waals surface area (Å²) in [6, 6.07) is 9.87. The van der Waals surface area contributed by atoms with Crippen LogP contribution in [0.4, 0.5) is 5.69 Å². The molecule has 85 valence electrons. The molecule has 0 saturated carbocycles. The van der Waals surface area contributed by atoms with E-state index in [2.05, 4.69) is 11.1 Å². The predicted molar refractivity (Wildman–Crippen MR) is 61.3 cm³/mol. The van der Waals surface area contributed by atoms with E-state index in [-0.39, 0.29) is 11.6 Å². The van der Waals surface area contributed by atoms with E-state index >= 15 is 0 Å². The van der Waals surface area contributed by atoms with Gasteiger partial charge in [0.25, 0.3) is 5.69 Å². The summed E-state index contributed by atoms with van der Waals surface area (Å²) in [6.07, 6.45) is 1.42. The van der Waals surface area contributed by atoms with Crippen LogP contribution in [0.3, 0.4) is 0 Å². The van der Waals surface area contributed by atoms with Gasteiger partial charge in [0.1, 0.15) is 10.8 Å². The molecule has 0 atom stereocenters. The molecule has 1 heterocycles. The van der Waals surface area contributed by atoms with E-state index in [0.29, 0.717) is 10.8 Å². The highest BCUT2D eigenvalue weighted by molar-refractivity contribution is 6.31. The molecule has 2 aromatic rings. The van der Waals surface area contributed by atoms with Crippen molar-refractivity contribution >= 4 is 17.3 Å². The average Bonchev–Trinajstić information content (AvgIpc) is 2.33. The number of halogens is 1. The SMILES string of the molecule is O=[N+]([O-])c1ccc(Oc2nc[c]cc2Cl)cc1. The van der Waals surface area contributed by atoms with Gasteiger partial charge in [0, 0.05) is 24.4 Å². The van der Waals surface area contributed by atoms with E-state index in [1.807, 2.05) is 0 Å². The molecule has 0 fully saturated rings. The lowest BCUT2D eigenvalue weighted by Crippen LogP contribution is -1.90. The smallest absolute Gasteiger partial charge is 0.269 e. The van der Waals surface area contributed by atoms with Gasteiger partial charge in [-0.25, -0.2) is 4.98 Å². The van der Waals surface area contributed by atoms with Gasteiger partial charge in [-0.3, -0.25) is 10.1 Å². The zero-order chi connectivity index (χ0) is 12.3. The van der Waals surface area contributed by atoms with Crippen LogP contribution in [0.25, 0.3) is 0 Å². The molecule has 0 saturated heterocycles. The number of non-ortho nitro benzene ring substituents is 1. The van der Waals surface area contributed by atoms with Crippen molar-refractivity contribution in [3.63, 3.8) is 0 Å². The summed E-state index contributed by atoms with van der Waals surface area (Å²) >= 11 is 5.83. The Hall–Kier alpha value is -2.14. The molecule has 6 heteroatoms. The fourth-order valence-corrected chi connectivity index (χ4v) is 1.30. The summed E-state index contributed by atoms with van der Waals surface area (Å²) in [6.45, 7) is 0. The maximum atomic E-state index is 10.5. The maximum Gasteiger partial charge on any atom is 0.269 e. The van der Waals surface area contributed by atoms with Gasteiger partial charge < -0.3 is 4.74 Å². The van der Waals surface area contributed by atoms with Gasteiger partial charge in [-0.1, -0.05) is 11.6 Å². The Kier molecular flexibility index (Phi) is 3.20. The first-order valence-electron chi connectivity index (χ1n) is 4.61. The number of nitrogens with zero attached hydrogens (tertiary/aromatic N) is 2. The Morgan fingerprint density at radius 2 is 2.06 bits per heavy atom. The van der Waals surface area contributed by atoms with Crippen LogP contribution in [-0.4, -0.2) is 9.91 Å². The van der Waals surface area contributed by atoms with Crippen LogP contribution in [0, 0.1) is 16.2 Å². The minimum Gasteiger partial charge on any atom is -0.438 e. The second kappa shape index (κ2) is 4.80. The molecule has 0 unspecified atom stereocenters. The number of ether oxygens (including phenoxy) is 1. The third kappa shape index (κ3) is 2.70. The molecule has 5 nitrogen and oxygen atoms in total. The molecule has 0 N–H and O–H groups in total. The van der Waals surface area contributed by atoms with Crippen molar-refractivity contribution in [2.24, 2.45) is 0 Å². The zero-order valence-corrected chi connectivity index (χ0v) is 9.22. The molecule has 1 aromatic carbocycles. The van der Waals surface area contributed by atoms with Crippen molar-refractivity contribution in [1.29, 1.82) is 0 Å². The van der Waals surface area contributed by atoms with Crippen LogP contribution in [0.1, 0.15) is 0 Å². The second-order valence-electron chi connectivity index (χ2n) is 3.08. The fraction of sp³-hybridized carbons (Fsp3) is 0. The highest BCUT2D eigenvalue weighted by Crippen LogP contribution is 2.27. The summed E-state index contributed by atoms with van der Waals surface area (Å²) in [5.41, 5.74) is -0.00204. The molecular weight excluding hydrogens is 244 g/mol. The van der Waals surface area contributed by atoms with Crippen molar-refractivity contribution in [2.45, 2.75) is 0 Å². The first-order chi connectivity index (χ1) is 8.16. The van der Waals surface area contributed by atoms with Gasteiger partial charge in [-0.15, -0.1) is 0 Å². The topological polar surface area (TPSA) is 65.3 Å². The van der Waals surface area contributed by atoms with Gasteiger partial charge in [-0.05, 0) is 18.2 Å². The summed E-state index contributed by atoms with van der Waals surface area (Å²) in [7, 11) is 0. The molecule has 0 amide bonds. The molecule has 0 aliphatic carbocycles. The normalized spacial score (nSPS) is 9.94. The predicted octanol–water partition coefficient (Wildman–Crippen LogP) is 3.24. The molecule has 0 aliphatic heterocycles. The van der Waals surface area contributed by atoms with E-state index in [1.54, 1.807) is 0 Å². The minimum absolute atomic E-state index is 0.00204. The molecule has 0 spiro atoms. The Bertz CT molecular complexity index is 543. The third-order valence-corrected chi connectivity index (χ3v) is 2.20. The Balaban J connectivity index is 2.20. The van der Waals surface area contributed by atoms with E-state index in [0.717, 1.165) is 0 Å². The van der Waals surface area contributed by atoms with Gasteiger partial charge in [0.05, 0.1) is 4.92 Å². The molecular formula is C11H6ClN2O3. The molecule has 0 aliphatic rings. The molecule has 0 bridgehead atoms. The molecule has 17 heavy (non-hydrogen) atoms. The average molecular weight is 250 g/mol. The minimum atomic E-state index is -0.480. The van der Waals surface area contributed by atoms with E-state index in [9.17, 15) is 10.1 Å². The number of nitro benzene ring substituents is 1. The lowest BCUT2D eigenvalue weighted by molar-refractivity contribution is -0.384. The summed E-state index contributed by atoms with van der Waals surface area (Å²) < 4.78 is 5.36. The van der Waals surface area contributed by atoms with Gasteiger partial charge in [0.15, 0.2) is 0 Å². The molecule has 2 rings (SSSR count). The number of pyridine rings is 1. The lowest BCUT2D eigenvalue weighted by Gasteiger charge is -2.04. The van der Waals surface area contributed by atoms with Crippen molar-refractivity contribution in [3.8, 4) is 11.6 Å². The van der Waals surface area contributed by atoms with E-state index < -0.39 is 4.92 Å². The number of hydrogen-bond acceptors (Lipinski definition) is 4. The first kappa shape index (κ1) is 11.3. The quantitative estimate of drug-likeness (QED) is 0.619. The van der Waals surface area contributed by atoms with Crippen LogP contribution in [0.5, 0.6) is 11.6 Å². The summed E-state index contributed by atoms with van der Waals surface area (Å²) in [5, 5.41) is 10.8. The maximum absolute atomic E-state index is 10.5. The Morgan fingerprint density at radius 1 is 1.35 bits per heavy atom. The number of hydrogen-bond donors (Lipinski definition) is 0. The highest BCUT2D eigenvalue weighted by atomic mass is 35.5. The van der Waals surface area contributed by atoms with Gasteiger partial charge in [0.2, 0.25) is 5.88 Å². The highest BCUT2D eigenvalue weighted by Gasteiger charge is 2.07. The van der Waals surface area contributed by atoms with Crippen LogP contribution >= 0.6 is 11.6 Å². The first-order valence-corrected chi connectivity index (χ1v) is 4.98. The Morgan fingerprint density at radius 3 is 2.65 bits per heavy atom. The van der Waals surface area contributed by atoms with Gasteiger partial charge >= 0.3 is 0 Å². The van der Waals surface area contributed by atoms with Crippen molar-refractivity contribution < 1.29 is 9.66 Å². The largest absolute Gasteiger partial charge is 0.438 e.